The summed E-state index contributed by atoms with van der Waals surface area (Å²) in [7, 11) is 0. The number of quaternary nitrogens is 1. The first-order chi connectivity index (χ1) is 12.0. The lowest BCUT2D eigenvalue weighted by atomic mass is 9.97. The van der Waals surface area contributed by atoms with Crippen LogP contribution >= 0.6 is 11.8 Å². The third-order valence-electron chi connectivity index (χ3n) is 4.97. The highest BCUT2D eigenvalue weighted by atomic mass is 32.2. The Morgan fingerprint density at radius 2 is 1.76 bits per heavy atom. The van der Waals surface area contributed by atoms with Crippen LogP contribution in [0.15, 0.2) is 29.2 Å². The summed E-state index contributed by atoms with van der Waals surface area (Å²) < 4.78 is 0. The molecular formula is C19H30N3O2S+. The van der Waals surface area contributed by atoms with Crippen LogP contribution in [0.5, 0.6) is 0 Å². The number of carbonyl (C=O) groups excluding carboxylic acids is 2. The van der Waals surface area contributed by atoms with Crippen molar-refractivity contribution >= 4 is 23.6 Å². The van der Waals surface area contributed by atoms with Gasteiger partial charge in [0, 0.05) is 4.90 Å². The third kappa shape index (κ3) is 6.36. The first-order valence-electron chi connectivity index (χ1n) is 9.09. The molecule has 0 radical (unpaired) electrons. The zero-order valence-electron chi connectivity index (χ0n) is 15.4. The zero-order valence-corrected chi connectivity index (χ0v) is 16.2. The van der Waals surface area contributed by atoms with E-state index in [0.717, 1.165) is 17.0 Å². The predicted molar refractivity (Wildman–Crippen MR) is 101 cm³/mol. The number of rotatable bonds is 6. The van der Waals surface area contributed by atoms with Gasteiger partial charge in [-0.15, -0.1) is 11.8 Å². The standard InChI is InChI=1S/C19H29N3O2S/c1-14-7-4-5-10-17(14)25-13-19(24)21-20-18(23)11-12-22-15(2)8-6-9-16(22)3/h4-5,7,10,15-16H,6,8-9,11-13H2,1-3H3,(H,20,23)(H,21,24)/p+1/t15-,16-/m1/s1. The van der Waals surface area contributed by atoms with Gasteiger partial charge in [-0.1, -0.05) is 18.2 Å². The maximum absolute atomic E-state index is 12.0. The van der Waals surface area contributed by atoms with Gasteiger partial charge in [-0.25, -0.2) is 0 Å². The SMILES string of the molecule is Cc1ccccc1SCC(=O)NNC(=O)CC[NH+]1[C@H](C)CCC[C@H]1C. The van der Waals surface area contributed by atoms with E-state index < -0.39 is 0 Å². The van der Waals surface area contributed by atoms with Crippen molar-refractivity contribution in [3.8, 4) is 0 Å². The number of amides is 2. The van der Waals surface area contributed by atoms with Crippen LogP contribution in [0.2, 0.25) is 0 Å². The van der Waals surface area contributed by atoms with Gasteiger partial charge in [0.1, 0.15) is 0 Å². The summed E-state index contributed by atoms with van der Waals surface area (Å²) in [5, 5.41) is 0. The maximum Gasteiger partial charge on any atom is 0.248 e. The summed E-state index contributed by atoms with van der Waals surface area (Å²) in [6.45, 7) is 7.36. The summed E-state index contributed by atoms with van der Waals surface area (Å²) in [6, 6.07) is 9.17. The number of hydrogen-bond donors (Lipinski definition) is 3. The van der Waals surface area contributed by atoms with E-state index in [1.807, 2.05) is 31.2 Å². The highest BCUT2D eigenvalue weighted by molar-refractivity contribution is 8.00. The van der Waals surface area contributed by atoms with Crippen molar-refractivity contribution in [3.05, 3.63) is 29.8 Å². The second-order valence-electron chi connectivity index (χ2n) is 6.96. The van der Waals surface area contributed by atoms with Crippen molar-refractivity contribution in [2.45, 2.75) is 63.4 Å². The van der Waals surface area contributed by atoms with E-state index in [1.54, 1.807) is 0 Å². The van der Waals surface area contributed by atoms with Crippen molar-refractivity contribution in [1.29, 1.82) is 0 Å². The summed E-state index contributed by atoms with van der Waals surface area (Å²) in [5.41, 5.74) is 6.20. The quantitative estimate of drug-likeness (QED) is 0.529. The number of piperidine rings is 1. The van der Waals surface area contributed by atoms with Crippen LogP contribution in [-0.2, 0) is 9.59 Å². The summed E-state index contributed by atoms with van der Waals surface area (Å²) in [5.74, 6) is -0.0169. The van der Waals surface area contributed by atoms with Crippen molar-refractivity contribution in [2.75, 3.05) is 12.3 Å². The molecule has 0 spiro atoms. The van der Waals surface area contributed by atoms with Gasteiger partial charge in [0.25, 0.3) is 0 Å². The summed E-state index contributed by atoms with van der Waals surface area (Å²) in [4.78, 5) is 26.5. The number of benzene rings is 1. The first kappa shape index (κ1) is 19.8. The molecule has 0 aliphatic carbocycles. The molecule has 2 amide bonds. The van der Waals surface area contributed by atoms with Crippen LogP contribution in [0.3, 0.4) is 0 Å². The lowest BCUT2D eigenvalue weighted by molar-refractivity contribution is -0.950. The van der Waals surface area contributed by atoms with E-state index in [1.165, 1.54) is 35.9 Å². The van der Waals surface area contributed by atoms with Crippen LogP contribution in [-0.4, -0.2) is 36.2 Å². The van der Waals surface area contributed by atoms with E-state index >= 15 is 0 Å². The van der Waals surface area contributed by atoms with Crippen LogP contribution < -0.4 is 15.8 Å². The molecule has 2 rings (SSSR count). The minimum absolute atomic E-state index is 0.119. The Labute approximate surface area is 154 Å². The second kappa shape index (κ2) is 9.82. The molecule has 0 unspecified atom stereocenters. The van der Waals surface area contributed by atoms with E-state index in [9.17, 15) is 9.59 Å². The fourth-order valence-corrected chi connectivity index (χ4v) is 4.27. The van der Waals surface area contributed by atoms with E-state index in [-0.39, 0.29) is 17.6 Å². The van der Waals surface area contributed by atoms with Crippen LogP contribution in [0.1, 0.15) is 45.1 Å². The van der Waals surface area contributed by atoms with Crippen molar-refractivity contribution in [2.24, 2.45) is 0 Å². The van der Waals surface area contributed by atoms with E-state index in [0.29, 0.717) is 18.5 Å². The molecule has 1 fully saturated rings. The fourth-order valence-electron chi connectivity index (χ4n) is 3.44. The second-order valence-corrected chi connectivity index (χ2v) is 7.98. The Bertz CT molecular complexity index is 584. The number of hydrazine groups is 1. The minimum atomic E-state index is -0.186. The molecule has 3 N–H and O–H groups in total. The monoisotopic (exact) mass is 364 g/mol. The molecule has 1 aromatic carbocycles. The lowest BCUT2D eigenvalue weighted by Gasteiger charge is -2.35. The zero-order chi connectivity index (χ0) is 18.2. The molecule has 25 heavy (non-hydrogen) atoms. The van der Waals surface area contributed by atoms with Crippen molar-refractivity contribution in [3.63, 3.8) is 0 Å². The molecule has 1 aromatic rings. The first-order valence-corrected chi connectivity index (χ1v) is 10.1. The molecule has 0 saturated carbocycles. The Morgan fingerprint density at radius 3 is 2.44 bits per heavy atom. The van der Waals surface area contributed by atoms with Gasteiger partial charge in [-0.3, -0.25) is 20.4 Å². The highest BCUT2D eigenvalue weighted by Gasteiger charge is 2.28. The molecule has 1 saturated heterocycles. The van der Waals surface area contributed by atoms with E-state index in [2.05, 4.69) is 24.7 Å². The molecule has 6 heteroatoms. The minimum Gasteiger partial charge on any atom is -0.330 e. The van der Waals surface area contributed by atoms with Gasteiger partial charge < -0.3 is 4.90 Å². The van der Waals surface area contributed by atoms with Gasteiger partial charge in [0.15, 0.2) is 0 Å². The number of hydrogen-bond acceptors (Lipinski definition) is 3. The Morgan fingerprint density at radius 1 is 1.12 bits per heavy atom. The van der Waals surface area contributed by atoms with E-state index in [4.69, 9.17) is 0 Å². The molecular weight excluding hydrogens is 334 g/mol. The molecule has 138 valence electrons. The molecule has 1 aliphatic rings. The van der Waals surface area contributed by atoms with Gasteiger partial charge >= 0.3 is 0 Å². The smallest absolute Gasteiger partial charge is 0.248 e. The van der Waals surface area contributed by atoms with Gasteiger partial charge in [0.2, 0.25) is 11.8 Å². The lowest BCUT2D eigenvalue weighted by Crippen LogP contribution is -3.19. The summed E-state index contributed by atoms with van der Waals surface area (Å²) >= 11 is 1.48. The predicted octanol–water partition coefficient (Wildman–Crippen LogP) is 1.47. The Hall–Kier alpha value is -1.53. The maximum atomic E-state index is 12.0. The highest BCUT2D eigenvalue weighted by Crippen LogP contribution is 2.21. The normalized spacial score (nSPS) is 20.9. The molecule has 5 nitrogen and oxygen atoms in total. The van der Waals surface area contributed by atoms with Crippen molar-refractivity contribution in [1.82, 2.24) is 10.9 Å². The molecule has 1 heterocycles. The Balaban J connectivity index is 1.65. The largest absolute Gasteiger partial charge is 0.330 e. The van der Waals surface area contributed by atoms with Crippen molar-refractivity contribution < 1.29 is 14.5 Å². The average molecular weight is 365 g/mol. The summed E-state index contributed by atoms with van der Waals surface area (Å²) in [6.07, 6.45) is 4.18. The number of carbonyl (C=O) groups is 2. The number of thioether (sulfide) groups is 1. The van der Waals surface area contributed by atoms with Gasteiger partial charge in [-0.05, 0) is 51.7 Å². The molecule has 0 aromatic heterocycles. The van der Waals surface area contributed by atoms with Gasteiger partial charge in [0.05, 0.1) is 30.8 Å². The topological polar surface area (TPSA) is 62.6 Å². The molecule has 0 bridgehead atoms. The molecule has 2 atom stereocenters. The number of likely N-dealkylation sites (tertiary alicyclic amines) is 1. The average Bonchev–Trinajstić information content (AvgIpc) is 2.59. The van der Waals surface area contributed by atoms with Crippen LogP contribution in [0.25, 0.3) is 0 Å². The number of nitrogens with one attached hydrogen (secondary N) is 3. The fraction of sp³-hybridized carbons (Fsp3) is 0.579. The third-order valence-corrected chi connectivity index (χ3v) is 6.15. The van der Waals surface area contributed by atoms with Crippen LogP contribution in [0.4, 0.5) is 0 Å². The number of aryl methyl sites for hydroxylation is 1. The van der Waals surface area contributed by atoms with Crippen LogP contribution in [0, 0.1) is 6.92 Å². The Kier molecular flexibility index (Phi) is 7.78. The molecule has 1 aliphatic heterocycles. The van der Waals surface area contributed by atoms with Gasteiger partial charge in [-0.2, -0.15) is 0 Å².